The number of nitrogens with one attached hydrogen (secondary N) is 1. The normalized spacial score (nSPS) is 10.1. The molecule has 0 heterocycles. The molecule has 0 fully saturated rings. The minimum absolute atomic E-state index is 0.0985. The van der Waals surface area contributed by atoms with E-state index in [0.717, 1.165) is 10.5 Å². The number of hydrogen-bond donors (Lipinski definition) is 1. The van der Waals surface area contributed by atoms with Crippen LogP contribution in [0.25, 0.3) is 0 Å². The number of thioether (sulfide) groups is 1. The molecule has 0 saturated carbocycles. The minimum atomic E-state index is -0.774. The number of aryl methyl sites for hydroxylation is 1. The van der Waals surface area contributed by atoms with Crippen LogP contribution in [-0.2, 0) is 0 Å². The SMILES string of the molecule is CSc1ccc(OC(=O)Nc2ccc(C)cc2[N+](=O)[O-])cc1. The minimum Gasteiger partial charge on any atom is -0.410 e. The van der Waals surface area contributed by atoms with Crippen molar-refractivity contribution in [3.63, 3.8) is 0 Å². The number of benzene rings is 2. The quantitative estimate of drug-likeness (QED) is 0.518. The van der Waals surface area contributed by atoms with Gasteiger partial charge in [-0.15, -0.1) is 11.8 Å². The predicted octanol–water partition coefficient (Wildman–Crippen LogP) is 4.24. The van der Waals surface area contributed by atoms with E-state index in [1.807, 2.05) is 18.4 Å². The molecule has 6 nitrogen and oxygen atoms in total. The fraction of sp³-hybridized carbons (Fsp3) is 0.133. The molecule has 2 aromatic carbocycles. The molecule has 0 saturated heterocycles. The monoisotopic (exact) mass is 318 g/mol. The summed E-state index contributed by atoms with van der Waals surface area (Å²) in [7, 11) is 0. The number of anilines is 1. The third-order valence-electron chi connectivity index (χ3n) is 2.86. The molecule has 1 N–H and O–H groups in total. The summed E-state index contributed by atoms with van der Waals surface area (Å²) in [6.07, 6.45) is 1.17. The lowest BCUT2D eigenvalue weighted by atomic mass is 10.2. The van der Waals surface area contributed by atoms with Gasteiger partial charge in [0.1, 0.15) is 11.4 Å². The van der Waals surface area contributed by atoms with E-state index < -0.39 is 11.0 Å². The van der Waals surface area contributed by atoms with E-state index in [1.165, 1.54) is 12.1 Å². The zero-order chi connectivity index (χ0) is 16.1. The van der Waals surface area contributed by atoms with Crippen LogP contribution < -0.4 is 10.1 Å². The smallest absolute Gasteiger partial charge is 0.410 e. The number of rotatable bonds is 4. The van der Waals surface area contributed by atoms with E-state index in [0.29, 0.717) is 5.75 Å². The van der Waals surface area contributed by atoms with Crippen LogP contribution in [0.5, 0.6) is 5.75 Å². The molecule has 0 bridgehead atoms. The molecule has 2 aromatic rings. The molecule has 22 heavy (non-hydrogen) atoms. The highest BCUT2D eigenvalue weighted by Gasteiger charge is 2.16. The van der Waals surface area contributed by atoms with Gasteiger partial charge in [0, 0.05) is 11.0 Å². The van der Waals surface area contributed by atoms with Crippen LogP contribution in [-0.4, -0.2) is 17.3 Å². The van der Waals surface area contributed by atoms with Crippen LogP contribution in [0, 0.1) is 17.0 Å². The van der Waals surface area contributed by atoms with E-state index in [9.17, 15) is 14.9 Å². The summed E-state index contributed by atoms with van der Waals surface area (Å²) in [5.41, 5.74) is 0.661. The second kappa shape index (κ2) is 6.95. The Bertz CT molecular complexity index is 701. The molecule has 1 amide bonds. The first-order valence-electron chi connectivity index (χ1n) is 6.37. The number of carbonyl (C=O) groups excluding carboxylic acids is 1. The van der Waals surface area contributed by atoms with E-state index in [2.05, 4.69) is 5.32 Å². The Morgan fingerprint density at radius 3 is 2.50 bits per heavy atom. The van der Waals surface area contributed by atoms with Gasteiger partial charge >= 0.3 is 6.09 Å². The number of nitro benzene ring substituents is 1. The van der Waals surface area contributed by atoms with E-state index in [4.69, 9.17) is 4.74 Å². The highest BCUT2D eigenvalue weighted by Crippen LogP contribution is 2.26. The number of nitro groups is 1. The van der Waals surface area contributed by atoms with Gasteiger partial charge in [0.2, 0.25) is 0 Å². The zero-order valence-electron chi connectivity index (χ0n) is 12.0. The Kier molecular flexibility index (Phi) is 5.00. The fourth-order valence-electron chi connectivity index (χ4n) is 1.78. The first kappa shape index (κ1) is 15.8. The lowest BCUT2D eigenvalue weighted by Gasteiger charge is -2.08. The van der Waals surface area contributed by atoms with Gasteiger partial charge in [-0.25, -0.2) is 4.79 Å². The molecule has 0 aliphatic carbocycles. The van der Waals surface area contributed by atoms with Crippen LogP contribution in [0.3, 0.4) is 0 Å². The molecule has 7 heteroatoms. The molecule has 0 atom stereocenters. The Morgan fingerprint density at radius 2 is 1.91 bits per heavy atom. The van der Waals surface area contributed by atoms with Crippen molar-refractivity contribution < 1.29 is 14.5 Å². The van der Waals surface area contributed by atoms with Crippen molar-refractivity contribution in [2.45, 2.75) is 11.8 Å². The van der Waals surface area contributed by atoms with Crippen molar-refractivity contribution in [1.82, 2.24) is 0 Å². The number of carbonyl (C=O) groups is 1. The van der Waals surface area contributed by atoms with Crippen molar-refractivity contribution >= 4 is 29.2 Å². The van der Waals surface area contributed by atoms with E-state index >= 15 is 0 Å². The molecular formula is C15H14N2O4S. The lowest BCUT2D eigenvalue weighted by Crippen LogP contribution is -2.17. The molecule has 0 radical (unpaired) electrons. The molecule has 0 unspecified atom stereocenters. The zero-order valence-corrected chi connectivity index (χ0v) is 12.8. The molecular weight excluding hydrogens is 304 g/mol. The van der Waals surface area contributed by atoms with Crippen molar-refractivity contribution in [2.24, 2.45) is 0 Å². The summed E-state index contributed by atoms with van der Waals surface area (Å²) in [6, 6.07) is 11.5. The van der Waals surface area contributed by atoms with Gasteiger partial charge in [0.05, 0.1) is 4.92 Å². The molecule has 2 rings (SSSR count). The highest BCUT2D eigenvalue weighted by atomic mass is 32.2. The van der Waals surface area contributed by atoms with Gasteiger partial charge in [0.25, 0.3) is 5.69 Å². The van der Waals surface area contributed by atoms with Crippen LogP contribution in [0.15, 0.2) is 47.4 Å². The molecule has 0 spiro atoms. The van der Waals surface area contributed by atoms with E-state index in [1.54, 1.807) is 36.9 Å². The van der Waals surface area contributed by atoms with Gasteiger partial charge in [-0.2, -0.15) is 0 Å². The van der Waals surface area contributed by atoms with Gasteiger partial charge < -0.3 is 4.74 Å². The Labute approximate surface area is 131 Å². The standard InChI is InChI=1S/C15H14N2O4S/c1-10-3-8-13(14(9-10)17(19)20)16-15(18)21-11-4-6-12(22-2)7-5-11/h3-9H,1-2H3,(H,16,18). The molecule has 114 valence electrons. The second-order valence-electron chi connectivity index (χ2n) is 4.47. The van der Waals surface area contributed by atoms with Crippen LogP contribution >= 0.6 is 11.8 Å². The van der Waals surface area contributed by atoms with Gasteiger partial charge in [0.15, 0.2) is 0 Å². The first-order valence-corrected chi connectivity index (χ1v) is 7.60. The largest absolute Gasteiger partial charge is 0.417 e. The molecule has 0 aromatic heterocycles. The average molecular weight is 318 g/mol. The van der Waals surface area contributed by atoms with Crippen molar-refractivity contribution in [3.8, 4) is 5.75 Å². The summed E-state index contributed by atoms with van der Waals surface area (Å²) >= 11 is 1.57. The first-order chi connectivity index (χ1) is 10.5. The topological polar surface area (TPSA) is 81.5 Å². The third kappa shape index (κ3) is 3.98. The maximum atomic E-state index is 11.8. The predicted molar refractivity (Wildman–Crippen MR) is 85.7 cm³/mol. The molecule has 0 aliphatic rings. The van der Waals surface area contributed by atoms with Gasteiger partial charge in [-0.05, 0) is 49.1 Å². The number of nitrogens with zero attached hydrogens (tertiary/aromatic N) is 1. The van der Waals surface area contributed by atoms with Gasteiger partial charge in [-0.1, -0.05) is 6.07 Å². The second-order valence-corrected chi connectivity index (χ2v) is 5.35. The number of hydrogen-bond acceptors (Lipinski definition) is 5. The fourth-order valence-corrected chi connectivity index (χ4v) is 2.19. The summed E-state index contributed by atoms with van der Waals surface area (Å²) in [5.74, 6) is 0.366. The maximum Gasteiger partial charge on any atom is 0.417 e. The van der Waals surface area contributed by atoms with Crippen molar-refractivity contribution in [1.29, 1.82) is 0 Å². The number of amides is 1. The summed E-state index contributed by atoms with van der Waals surface area (Å²) in [5, 5.41) is 13.4. The lowest BCUT2D eigenvalue weighted by molar-refractivity contribution is -0.384. The van der Waals surface area contributed by atoms with Crippen LogP contribution in [0.2, 0.25) is 0 Å². The van der Waals surface area contributed by atoms with Crippen molar-refractivity contribution in [3.05, 3.63) is 58.1 Å². The Morgan fingerprint density at radius 1 is 1.23 bits per heavy atom. The Balaban J connectivity index is 2.10. The van der Waals surface area contributed by atoms with Crippen LogP contribution in [0.4, 0.5) is 16.2 Å². The van der Waals surface area contributed by atoms with Crippen LogP contribution in [0.1, 0.15) is 5.56 Å². The maximum absolute atomic E-state index is 11.8. The van der Waals surface area contributed by atoms with Crippen molar-refractivity contribution in [2.75, 3.05) is 11.6 Å². The molecule has 0 aliphatic heterocycles. The summed E-state index contributed by atoms with van der Waals surface area (Å²) in [6.45, 7) is 1.74. The Hall–Kier alpha value is -2.54. The number of ether oxygens (including phenoxy) is 1. The summed E-state index contributed by atoms with van der Waals surface area (Å²) in [4.78, 5) is 23.3. The average Bonchev–Trinajstić information content (AvgIpc) is 2.49. The van der Waals surface area contributed by atoms with E-state index in [-0.39, 0.29) is 11.4 Å². The summed E-state index contributed by atoms with van der Waals surface area (Å²) < 4.78 is 5.10. The highest BCUT2D eigenvalue weighted by molar-refractivity contribution is 7.98. The van der Waals surface area contributed by atoms with Gasteiger partial charge in [-0.3, -0.25) is 15.4 Å². The third-order valence-corrected chi connectivity index (χ3v) is 3.60.